The van der Waals surface area contributed by atoms with Gasteiger partial charge in [-0.05, 0) is 13.3 Å². The fourth-order valence-corrected chi connectivity index (χ4v) is 2.12. The molecule has 2 aromatic heterocycles. The Kier molecular flexibility index (Phi) is 2.89. The molecule has 0 N–H and O–H groups in total. The molecule has 0 aliphatic carbocycles. The first-order valence-corrected chi connectivity index (χ1v) is 6.19. The molecule has 2 aromatic rings. The summed E-state index contributed by atoms with van der Waals surface area (Å²) in [5, 5.41) is 5.76. The van der Waals surface area contributed by atoms with Crippen LogP contribution < -0.4 is 0 Å². The highest BCUT2D eigenvalue weighted by Crippen LogP contribution is 2.29. The second kappa shape index (κ2) is 4.09. The van der Waals surface area contributed by atoms with Gasteiger partial charge in [-0.3, -0.25) is 0 Å². The van der Waals surface area contributed by atoms with Gasteiger partial charge in [0.15, 0.2) is 5.65 Å². The van der Waals surface area contributed by atoms with Gasteiger partial charge >= 0.3 is 0 Å². The molecule has 0 bridgehead atoms. The lowest BCUT2D eigenvalue weighted by atomic mass is 9.89. The zero-order chi connectivity index (χ0) is 12.6. The van der Waals surface area contributed by atoms with E-state index in [2.05, 4.69) is 49.7 Å². The van der Waals surface area contributed by atoms with Crippen LogP contribution in [0, 0.1) is 0 Å². The van der Waals surface area contributed by atoms with Crippen molar-refractivity contribution in [1.29, 1.82) is 0 Å². The van der Waals surface area contributed by atoms with Crippen LogP contribution in [0.25, 0.3) is 11.0 Å². The molecule has 0 spiro atoms. The summed E-state index contributed by atoms with van der Waals surface area (Å²) < 4.78 is 1.96. The molecule has 0 unspecified atom stereocenters. The van der Waals surface area contributed by atoms with E-state index in [1.54, 1.807) is 6.33 Å². The lowest BCUT2D eigenvalue weighted by Crippen LogP contribution is -2.14. The predicted octanol–water partition coefficient (Wildman–Crippen LogP) is 2.71. The quantitative estimate of drug-likeness (QED) is 0.799. The summed E-state index contributed by atoms with van der Waals surface area (Å²) in [5.74, 6) is 0. The predicted molar refractivity (Wildman–Crippen MR) is 69.1 cm³/mol. The Morgan fingerprint density at radius 3 is 2.41 bits per heavy atom. The first kappa shape index (κ1) is 12.0. The zero-order valence-electron chi connectivity index (χ0n) is 11.3. The Morgan fingerprint density at radius 1 is 1.18 bits per heavy atom. The molecular formula is C13H20N4. The fraction of sp³-hybridized carbons (Fsp3) is 0.615. The number of fused-ring (bicyclic) bond motifs is 1. The molecule has 0 amide bonds. The maximum absolute atomic E-state index is 4.61. The Bertz CT molecular complexity index is 534. The molecule has 2 rings (SSSR count). The van der Waals surface area contributed by atoms with Gasteiger partial charge in [0.25, 0.3) is 0 Å². The van der Waals surface area contributed by atoms with Gasteiger partial charge in [-0.1, -0.05) is 27.7 Å². The van der Waals surface area contributed by atoms with Crippen molar-refractivity contribution in [3.63, 3.8) is 0 Å². The first-order chi connectivity index (χ1) is 7.99. The molecule has 0 saturated heterocycles. The summed E-state index contributed by atoms with van der Waals surface area (Å²) in [5.41, 5.74) is 3.18. The van der Waals surface area contributed by atoms with E-state index in [1.165, 1.54) is 0 Å². The third-order valence-electron chi connectivity index (χ3n) is 2.95. The number of nitrogens with zero attached hydrogens (tertiary/aromatic N) is 4. The maximum Gasteiger partial charge on any atom is 0.161 e. The number of aryl methyl sites for hydroxylation is 2. The second-order valence-corrected chi connectivity index (χ2v) is 5.29. The highest BCUT2D eigenvalue weighted by molar-refractivity contribution is 5.81. The van der Waals surface area contributed by atoms with E-state index >= 15 is 0 Å². The van der Waals surface area contributed by atoms with Crippen LogP contribution in [-0.2, 0) is 18.4 Å². The van der Waals surface area contributed by atoms with Crippen molar-refractivity contribution in [2.75, 3.05) is 0 Å². The van der Waals surface area contributed by atoms with E-state index in [1.807, 2.05) is 4.68 Å². The number of rotatable bonds is 2. The summed E-state index contributed by atoms with van der Waals surface area (Å²) in [6.45, 7) is 11.6. The third-order valence-corrected chi connectivity index (χ3v) is 2.95. The Balaban J connectivity index is 2.83. The molecule has 0 saturated carbocycles. The summed E-state index contributed by atoms with van der Waals surface area (Å²) >= 11 is 0. The number of aromatic nitrogens is 4. The topological polar surface area (TPSA) is 43.6 Å². The van der Waals surface area contributed by atoms with Crippen LogP contribution in [0.4, 0.5) is 0 Å². The van der Waals surface area contributed by atoms with Crippen molar-refractivity contribution in [2.45, 2.75) is 53.0 Å². The highest BCUT2D eigenvalue weighted by Gasteiger charge is 2.23. The van der Waals surface area contributed by atoms with E-state index in [4.69, 9.17) is 0 Å². The van der Waals surface area contributed by atoms with Gasteiger partial charge in [0.1, 0.15) is 6.33 Å². The fourth-order valence-electron chi connectivity index (χ4n) is 2.12. The molecule has 0 aliphatic rings. The maximum atomic E-state index is 4.61. The summed E-state index contributed by atoms with van der Waals surface area (Å²) in [6, 6.07) is 0. The van der Waals surface area contributed by atoms with Crippen molar-refractivity contribution >= 4 is 11.0 Å². The van der Waals surface area contributed by atoms with E-state index in [0.29, 0.717) is 0 Å². The van der Waals surface area contributed by atoms with Crippen LogP contribution in [0.5, 0.6) is 0 Å². The third kappa shape index (κ3) is 1.92. The van der Waals surface area contributed by atoms with Crippen LogP contribution in [0.1, 0.15) is 46.0 Å². The molecule has 2 heterocycles. The first-order valence-electron chi connectivity index (χ1n) is 6.19. The average molecular weight is 232 g/mol. The zero-order valence-corrected chi connectivity index (χ0v) is 11.3. The minimum absolute atomic E-state index is 0.0206. The Labute approximate surface area is 102 Å². The lowest BCUT2D eigenvalue weighted by Gasteiger charge is -2.18. The van der Waals surface area contributed by atoms with Crippen molar-refractivity contribution in [2.24, 2.45) is 0 Å². The molecule has 17 heavy (non-hydrogen) atoms. The van der Waals surface area contributed by atoms with Gasteiger partial charge in [0.05, 0.1) is 16.8 Å². The van der Waals surface area contributed by atoms with Gasteiger partial charge in [-0.2, -0.15) is 5.10 Å². The SMILES string of the molecule is CCc1nn(CC)c2ncnc(C(C)(C)C)c12. The number of hydrogen-bond donors (Lipinski definition) is 0. The van der Waals surface area contributed by atoms with Gasteiger partial charge in [-0.15, -0.1) is 0 Å². The smallest absolute Gasteiger partial charge is 0.161 e. The highest BCUT2D eigenvalue weighted by atomic mass is 15.3. The summed E-state index contributed by atoms with van der Waals surface area (Å²) in [6.07, 6.45) is 2.57. The lowest BCUT2D eigenvalue weighted by molar-refractivity contribution is 0.573. The van der Waals surface area contributed by atoms with Crippen LogP contribution in [0.3, 0.4) is 0 Å². The normalized spacial score (nSPS) is 12.3. The van der Waals surface area contributed by atoms with E-state index < -0.39 is 0 Å². The second-order valence-electron chi connectivity index (χ2n) is 5.29. The Hall–Kier alpha value is -1.45. The molecule has 0 aliphatic heterocycles. The molecule has 0 radical (unpaired) electrons. The monoisotopic (exact) mass is 232 g/mol. The largest absolute Gasteiger partial charge is 0.247 e. The molecule has 0 atom stereocenters. The van der Waals surface area contributed by atoms with Gasteiger partial charge in [-0.25, -0.2) is 14.6 Å². The van der Waals surface area contributed by atoms with Crippen molar-refractivity contribution < 1.29 is 0 Å². The number of hydrogen-bond acceptors (Lipinski definition) is 3. The Morgan fingerprint density at radius 2 is 1.88 bits per heavy atom. The van der Waals surface area contributed by atoms with E-state index in [9.17, 15) is 0 Å². The average Bonchev–Trinajstić information content (AvgIpc) is 2.65. The van der Waals surface area contributed by atoms with Crippen LogP contribution in [-0.4, -0.2) is 19.7 Å². The van der Waals surface area contributed by atoms with E-state index in [0.717, 1.165) is 35.4 Å². The van der Waals surface area contributed by atoms with Crippen LogP contribution in [0.2, 0.25) is 0 Å². The standard InChI is InChI=1S/C13H20N4/c1-6-9-10-11(13(3,4)5)14-8-15-12(10)17(7-2)16-9/h8H,6-7H2,1-5H3. The van der Waals surface area contributed by atoms with Crippen LogP contribution in [0.15, 0.2) is 6.33 Å². The van der Waals surface area contributed by atoms with Gasteiger partial charge in [0, 0.05) is 12.0 Å². The van der Waals surface area contributed by atoms with Gasteiger partial charge in [0.2, 0.25) is 0 Å². The minimum Gasteiger partial charge on any atom is -0.247 e. The van der Waals surface area contributed by atoms with Gasteiger partial charge < -0.3 is 0 Å². The van der Waals surface area contributed by atoms with Crippen molar-refractivity contribution in [1.82, 2.24) is 19.7 Å². The van der Waals surface area contributed by atoms with E-state index in [-0.39, 0.29) is 5.41 Å². The van der Waals surface area contributed by atoms with Crippen molar-refractivity contribution in [3.8, 4) is 0 Å². The van der Waals surface area contributed by atoms with Crippen molar-refractivity contribution in [3.05, 3.63) is 17.7 Å². The summed E-state index contributed by atoms with van der Waals surface area (Å²) in [4.78, 5) is 8.85. The molecular weight excluding hydrogens is 212 g/mol. The minimum atomic E-state index is 0.0206. The summed E-state index contributed by atoms with van der Waals surface area (Å²) in [7, 11) is 0. The molecule has 4 heteroatoms. The van der Waals surface area contributed by atoms with Crippen LogP contribution >= 0.6 is 0 Å². The molecule has 0 fully saturated rings. The molecule has 0 aromatic carbocycles. The molecule has 4 nitrogen and oxygen atoms in total. The molecule has 92 valence electrons.